The number of rotatable bonds is 4. The van der Waals surface area contributed by atoms with Gasteiger partial charge in [0.2, 0.25) is 0 Å². The van der Waals surface area contributed by atoms with Crippen LogP contribution in [0.4, 0.5) is 5.69 Å². The summed E-state index contributed by atoms with van der Waals surface area (Å²) >= 11 is 0. The molecule has 82 valence electrons. The molecule has 0 aromatic heterocycles. The molecule has 1 atom stereocenters. The Kier molecular flexibility index (Phi) is 3.27. The Morgan fingerprint density at radius 3 is 2.87 bits per heavy atom. The van der Waals surface area contributed by atoms with Gasteiger partial charge in [-0.1, -0.05) is 18.2 Å². The molecule has 1 aromatic rings. The van der Waals surface area contributed by atoms with E-state index in [1.54, 1.807) is 0 Å². The second-order valence-electron chi connectivity index (χ2n) is 4.65. The van der Waals surface area contributed by atoms with Crippen LogP contribution in [0.15, 0.2) is 24.3 Å². The molecule has 1 N–H and O–H groups in total. The lowest BCUT2D eigenvalue weighted by molar-refractivity contribution is 0.388. The molecule has 1 aliphatic heterocycles. The lowest BCUT2D eigenvalue weighted by Crippen LogP contribution is -2.19. The van der Waals surface area contributed by atoms with E-state index in [0.717, 1.165) is 0 Å². The first-order chi connectivity index (χ1) is 7.25. The van der Waals surface area contributed by atoms with Crippen LogP contribution in [-0.2, 0) is 6.42 Å². The minimum Gasteiger partial charge on any atom is -0.382 e. The fourth-order valence-electron chi connectivity index (χ4n) is 2.20. The van der Waals surface area contributed by atoms with Crippen LogP contribution < -0.4 is 5.32 Å². The predicted molar refractivity (Wildman–Crippen MR) is 65.3 cm³/mol. The lowest BCUT2D eigenvalue weighted by Gasteiger charge is -2.13. The summed E-state index contributed by atoms with van der Waals surface area (Å²) in [5, 5.41) is 3.59. The second-order valence-corrected chi connectivity index (χ2v) is 4.65. The van der Waals surface area contributed by atoms with Crippen LogP contribution in [0.25, 0.3) is 0 Å². The summed E-state index contributed by atoms with van der Waals surface area (Å²) in [5.41, 5.74) is 2.82. The van der Waals surface area contributed by atoms with Crippen molar-refractivity contribution in [2.45, 2.75) is 25.3 Å². The molecule has 0 saturated heterocycles. The van der Waals surface area contributed by atoms with Gasteiger partial charge in [-0.15, -0.1) is 0 Å². The molecule has 1 aliphatic rings. The quantitative estimate of drug-likeness (QED) is 0.810. The number of anilines is 1. The van der Waals surface area contributed by atoms with Gasteiger partial charge in [0.05, 0.1) is 0 Å². The van der Waals surface area contributed by atoms with E-state index in [0.29, 0.717) is 6.04 Å². The maximum absolute atomic E-state index is 3.59. The number of hydrogen-bond acceptors (Lipinski definition) is 2. The zero-order valence-corrected chi connectivity index (χ0v) is 9.66. The molecular formula is C13H20N2. The van der Waals surface area contributed by atoms with E-state index < -0.39 is 0 Å². The molecule has 2 nitrogen and oxygen atoms in total. The maximum atomic E-state index is 3.59. The number of fused-ring (bicyclic) bond motifs is 1. The van der Waals surface area contributed by atoms with E-state index in [2.05, 4.69) is 48.6 Å². The van der Waals surface area contributed by atoms with Crippen LogP contribution in [0.5, 0.6) is 0 Å². The van der Waals surface area contributed by atoms with Gasteiger partial charge in [-0.25, -0.2) is 0 Å². The highest BCUT2D eigenvalue weighted by Crippen LogP contribution is 2.26. The van der Waals surface area contributed by atoms with Crippen molar-refractivity contribution >= 4 is 5.69 Å². The number of hydrogen-bond donors (Lipinski definition) is 1. The molecule has 0 saturated carbocycles. The van der Waals surface area contributed by atoms with E-state index in [-0.39, 0.29) is 0 Å². The highest BCUT2D eigenvalue weighted by molar-refractivity contribution is 5.56. The van der Waals surface area contributed by atoms with Crippen LogP contribution in [0.2, 0.25) is 0 Å². The smallest absolute Gasteiger partial charge is 0.0375 e. The summed E-state index contributed by atoms with van der Waals surface area (Å²) < 4.78 is 0. The number of nitrogens with zero attached hydrogens (tertiary/aromatic N) is 1. The Labute approximate surface area is 92.3 Å². The fraction of sp³-hybridized carbons (Fsp3) is 0.538. The first-order valence-corrected chi connectivity index (χ1v) is 5.75. The third-order valence-corrected chi connectivity index (χ3v) is 3.00. The van der Waals surface area contributed by atoms with Gasteiger partial charge in [-0.2, -0.15) is 0 Å². The fourth-order valence-corrected chi connectivity index (χ4v) is 2.20. The topological polar surface area (TPSA) is 15.3 Å². The highest BCUT2D eigenvalue weighted by Gasteiger charge is 2.18. The van der Waals surface area contributed by atoms with Gasteiger partial charge in [0.15, 0.2) is 0 Å². The van der Waals surface area contributed by atoms with Gasteiger partial charge in [0, 0.05) is 11.7 Å². The van der Waals surface area contributed by atoms with Gasteiger partial charge in [-0.3, -0.25) is 0 Å². The molecule has 0 amide bonds. The molecule has 1 aromatic carbocycles. The van der Waals surface area contributed by atoms with Crippen LogP contribution >= 0.6 is 0 Å². The van der Waals surface area contributed by atoms with Gasteiger partial charge in [-0.05, 0) is 51.5 Å². The Morgan fingerprint density at radius 2 is 2.13 bits per heavy atom. The lowest BCUT2D eigenvalue weighted by atomic mass is 10.1. The average Bonchev–Trinajstić information content (AvgIpc) is 2.59. The van der Waals surface area contributed by atoms with Crippen LogP contribution in [0, 0.1) is 0 Å². The summed E-state index contributed by atoms with van der Waals surface area (Å²) in [6, 6.07) is 9.30. The molecule has 2 heteroatoms. The van der Waals surface area contributed by atoms with Gasteiger partial charge >= 0.3 is 0 Å². The maximum Gasteiger partial charge on any atom is 0.0375 e. The SMILES string of the molecule is CN(C)CCCC1Cc2ccccc2N1. The normalized spacial score (nSPS) is 19.0. The highest BCUT2D eigenvalue weighted by atomic mass is 15.0. The number of para-hydroxylation sites is 1. The Morgan fingerprint density at radius 1 is 1.33 bits per heavy atom. The summed E-state index contributed by atoms with van der Waals surface area (Å²) in [6.45, 7) is 1.19. The summed E-state index contributed by atoms with van der Waals surface area (Å²) in [6.07, 6.45) is 3.75. The minimum absolute atomic E-state index is 0.655. The third-order valence-electron chi connectivity index (χ3n) is 3.00. The number of nitrogens with one attached hydrogen (secondary N) is 1. The third kappa shape index (κ3) is 2.72. The van der Waals surface area contributed by atoms with Crippen molar-refractivity contribution in [1.29, 1.82) is 0 Å². The van der Waals surface area contributed by atoms with Gasteiger partial charge < -0.3 is 10.2 Å². The largest absolute Gasteiger partial charge is 0.382 e. The Balaban J connectivity index is 1.80. The van der Waals surface area contributed by atoms with E-state index in [4.69, 9.17) is 0 Å². The summed E-state index contributed by atoms with van der Waals surface area (Å²) in [4.78, 5) is 2.25. The van der Waals surface area contributed by atoms with Crippen LogP contribution in [0.3, 0.4) is 0 Å². The summed E-state index contributed by atoms with van der Waals surface area (Å²) in [7, 11) is 4.27. The average molecular weight is 204 g/mol. The molecule has 15 heavy (non-hydrogen) atoms. The van der Waals surface area contributed by atoms with Crippen LogP contribution in [-0.4, -0.2) is 31.6 Å². The van der Waals surface area contributed by atoms with Crippen molar-refractivity contribution in [1.82, 2.24) is 4.90 Å². The van der Waals surface area contributed by atoms with Crippen molar-refractivity contribution in [3.63, 3.8) is 0 Å². The van der Waals surface area contributed by atoms with Crippen molar-refractivity contribution in [3.8, 4) is 0 Å². The first-order valence-electron chi connectivity index (χ1n) is 5.75. The molecular weight excluding hydrogens is 184 g/mol. The van der Waals surface area contributed by atoms with Crippen LogP contribution in [0.1, 0.15) is 18.4 Å². The first kappa shape index (κ1) is 10.5. The van der Waals surface area contributed by atoms with Gasteiger partial charge in [0.25, 0.3) is 0 Å². The Bertz CT molecular complexity index is 295. The van der Waals surface area contributed by atoms with Crippen molar-refractivity contribution in [3.05, 3.63) is 29.8 Å². The molecule has 0 aliphatic carbocycles. The molecule has 0 fully saturated rings. The van der Waals surface area contributed by atoms with E-state index in [9.17, 15) is 0 Å². The predicted octanol–water partition coefficient (Wildman–Crippen LogP) is 2.37. The van der Waals surface area contributed by atoms with Crippen molar-refractivity contribution in [2.75, 3.05) is 26.0 Å². The van der Waals surface area contributed by atoms with Crippen molar-refractivity contribution < 1.29 is 0 Å². The number of benzene rings is 1. The zero-order valence-electron chi connectivity index (χ0n) is 9.66. The van der Waals surface area contributed by atoms with Gasteiger partial charge in [0.1, 0.15) is 0 Å². The monoisotopic (exact) mass is 204 g/mol. The molecule has 0 radical (unpaired) electrons. The van der Waals surface area contributed by atoms with E-state index in [1.165, 1.54) is 37.1 Å². The minimum atomic E-state index is 0.655. The standard InChI is InChI=1S/C13H20N2/c1-15(2)9-5-7-12-10-11-6-3-4-8-13(11)14-12/h3-4,6,8,12,14H,5,7,9-10H2,1-2H3. The zero-order chi connectivity index (χ0) is 10.7. The second kappa shape index (κ2) is 4.67. The van der Waals surface area contributed by atoms with Crippen molar-refractivity contribution in [2.24, 2.45) is 0 Å². The molecule has 0 bridgehead atoms. The Hall–Kier alpha value is -1.02. The molecule has 2 rings (SSSR count). The molecule has 1 unspecified atom stereocenters. The van der Waals surface area contributed by atoms with E-state index in [1.807, 2.05) is 0 Å². The molecule has 1 heterocycles. The molecule has 0 spiro atoms. The van der Waals surface area contributed by atoms with E-state index >= 15 is 0 Å². The summed E-state index contributed by atoms with van der Waals surface area (Å²) in [5.74, 6) is 0.